The molecule has 152 valence electrons. The van der Waals surface area contributed by atoms with E-state index in [2.05, 4.69) is 9.97 Å². The lowest BCUT2D eigenvalue weighted by Crippen LogP contribution is -2.43. The number of nitrogens with zero attached hydrogens (tertiary/aromatic N) is 2. The molecule has 1 amide bonds. The van der Waals surface area contributed by atoms with E-state index in [4.69, 9.17) is 18.9 Å². The molecule has 3 aromatic rings. The SMILES string of the molecule is COc1ccc2nc(-c3ccc(OCC(=O)N4CCOCC4)c(OC)c3)[nH]c2c1. The number of hydrogen-bond acceptors (Lipinski definition) is 6. The summed E-state index contributed by atoms with van der Waals surface area (Å²) in [5, 5.41) is 0. The molecule has 1 aromatic heterocycles. The largest absolute Gasteiger partial charge is 0.497 e. The number of fused-ring (bicyclic) bond motifs is 1. The van der Waals surface area contributed by atoms with Crippen LogP contribution in [0.15, 0.2) is 36.4 Å². The Morgan fingerprint density at radius 3 is 2.69 bits per heavy atom. The Morgan fingerprint density at radius 2 is 1.93 bits per heavy atom. The number of nitrogens with one attached hydrogen (secondary N) is 1. The normalized spacial score (nSPS) is 14.1. The lowest BCUT2D eigenvalue weighted by Gasteiger charge is -2.26. The Balaban J connectivity index is 1.51. The third-order valence-electron chi connectivity index (χ3n) is 4.84. The number of aromatic nitrogens is 2. The first-order valence-electron chi connectivity index (χ1n) is 9.38. The lowest BCUT2D eigenvalue weighted by molar-refractivity contribution is -0.137. The second-order valence-corrected chi connectivity index (χ2v) is 6.62. The van der Waals surface area contributed by atoms with Crippen molar-refractivity contribution in [3.05, 3.63) is 36.4 Å². The summed E-state index contributed by atoms with van der Waals surface area (Å²) in [5.41, 5.74) is 2.58. The highest BCUT2D eigenvalue weighted by atomic mass is 16.5. The minimum atomic E-state index is -0.0642. The van der Waals surface area contributed by atoms with E-state index in [1.807, 2.05) is 30.3 Å². The number of rotatable bonds is 6. The highest BCUT2D eigenvalue weighted by Gasteiger charge is 2.18. The zero-order valence-electron chi connectivity index (χ0n) is 16.4. The number of morpholine rings is 1. The number of amides is 1. The van der Waals surface area contributed by atoms with Crippen LogP contribution in [0.3, 0.4) is 0 Å². The van der Waals surface area contributed by atoms with Crippen LogP contribution in [0.4, 0.5) is 0 Å². The van der Waals surface area contributed by atoms with Crippen molar-refractivity contribution in [3.63, 3.8) is 0 Å². The average Bonchev–Trinajstić information content (AvgIpc) is 3.21. The maximum atomic E-state index is 12.3. The highest BCUT2D eigenvalue weighted by Crippen LogP contribution is 2.32. The van der Waals surface area contributed by atoms with Gasteiger partial charge in [0.1, 0.15) is 11.6 Å². The van der Waals surface area contributed by atoms with Gasteiger partial charge in [0, 0.05) is 24.7 Å². The Bertz CT molecular complexity index is 1010. The van der Waals surface area contributed by atoms with Gasteiger partial charge in [0.25, 0.3) is 5.91 Å². The second-order valence-electron chi connectivity index (χ2n) is 6.62. The number of ether oxygens (including phenoxy) is 4. The Hall–Kier alpha value is -3.26. The van der Waals surface area contributed by atoms with Gasteiger partial charge in [0.2, 0.25) is 0 Å². The molecule has 8 nitrogen and oxygen atoms in total. The second kappa shape index (κ2) is 8.40. The number of aromatic amines is 1. The van der Waals surface area contributed by atoms with Crippen molar-refractivity contribution >= 4 is 16.9 Å². The van der Waals surface area contributed by atoms with Gasteiger partial charge in [-0.05, 0) is 30.3 Å². The van der Waals surface area contributed by atoms with Crippen LogP contribution < -0.4 is 14.2 Å². The van der Waals surface area contributed by atoms with Gasteiger partial charge in [-0.25, -0.2) is 4.98 Å². The van der Waals surface area contributed by atoms with Gasteiger partial charge >= 0.3 is 0 Å². The van der Waals surface area contributed by atoms with E-state index in [1.165, 1.54) is 0 Å². The maximum Gasteiger partial charge on any atom is 0.260 e. The number of hydrogen-bond donors (Lipinski definition) is 1. The quantitative estimate of drug-likeness (QED) is 0.688. The van der Waals surface area contributed by atoms with Crippen LogP contribution in [-0.4, -0.2) is 67.9 Å². The monoisotopic (exact) mass is 397 g/mol. The van der Waals surface area contributed by atoms with Crippen molar-refractivity contribution in [3.8, 4) is 28.6 Å². The Kier molecular flexibility index (Phi) is 5.53. The molecule has 0 bridgehead atoms. The third-order valence-corrected chi connectivity index (χ3v) is 4.84. The van der Waals surface area contributed by atoms with E-state index < -0.39 is 0 Å². The molecule has 0 radical (unpaired) electrons. The van der Waals surface area contributed by atoms with E-state index in [9.17, 15) is 4.79 Å². The number of carbonyl (C=O) groups is 1. The summed E-state index contributed by atoms with van der Waals surface area (Å²) in [4.78, 5) is 21.9. The van der Waals surface area contributed by atoms with E-state index in [-0.39, 0.29) is 12.5 Å². The standard InChI is InChI=1S/C21H23N3O5/c1-26-15-4-5-16-17(12-15)23-21(22-16)14-3-6-18(19(11-14)27-2)29-13-20(25)24-7-9-28-10-8-24/h3-6,11-12H,7-10,13H2,1-2H3,(H,22,23). The average molecular weight is 397 g/mol. The summed E-state index contributed by atoms with van der Waals surface area (Å²) < 4.78 is 21.7. The summed E-state index contributed by atoms with van der Waals surface area (Å²) >= 11 is 0. The first kappa shape index (κ1) is 19.1. The van der Waals surface area contributed by atoms with Crippen molar-refractivity contribution < 1.29 is 23.7 Å². The predicted octanol–water partition coefficient (Wildman–Crippen LogP) is 2.48. The first-order valence-corrected chi connectivity index (χ1v) is 9.38. The number of H-pyrrole nitrogens is 1. The van der Waals surface area contributed by atoms with E-state index in [0.717, 1.165) is 22.3 Å². The molecular weight excluding hydrogens is 374 g/mol. The first-order chi connectivity index (χ1) is 14.2. The van der Waals surface area contributed by atoms with Crippen LogP contribution in [0.5, 0.6) is 17.2 Å². The van der Waals surface area contributed by atoms with E-state index in [1.54, 1.807) is 25.2 Å². The molecule has 0 saturated carbocycles. The van der Waals surface area contributed by atoms with Crippen molar-refractivity contribution in [2.75, 3.05) is 47.1 Å². The van der Waals surface area contributed by atoms with Gasteiger partial charge in [-0.3, -0.25) is 4.79 Å². The molecule has 4 rings (SSSR count). The van der Waals surface area contributed by atoms with Gasteiger partial charge < -0.3 is 28.8 Å². The van der Waals surface area contributed by atoms with Gasteiger partial charge in [0.15, 0.2) is 18.1 Å². The predicted molar refractivity (Wildman–Crippen MR) is 108 cm³/mol. The lowest BCUT2D eigenvalue weighted by atomic mass is 10.2. The van der Waals surface area contributed by atoms with Crippen LogP contribution >= 0.6 is 0 Å². The van der Waals surface area contributed by atoms with E-state index in [0.29, 0.717) is 43.6 Å². The highest BCUT2D eigenvalue weighted by molar-refractivity contribution is 5.81. The number of carbonyl (C=O) groups excluding carboxylic acids is 1. The molecule has 0 unspecified atom stereocenters. The third kappa shape index (κ3) is 4.12. The molecule has 1 N–H and O–H groups in total. The zero-order valence-corrected chi connectivity index (χ0v) is 16.4. The molecule has 1 saturated heterocycles. The Labute approximate surface area is 168 Å². The molecule has 8 heteroatoms. The summed E-state index contributed by atoms with van der Waals surface area (Å²) in [6.07, 6.45) is 0. The van der Waals surface area contributed by atoms with Crippen molar-refractivity contribution in [1.82, 2.24) is 14.9 Å². The fourth-order valence-corrected chi connectivity index (χ4v) is 3.23. The smallest absolute Gasteiger partial charge is 0.260 e. The molecule has 0 spiro atoms. The fourth-order valence-electron chi connectivity index (χ4n) is 3.23. The molecule has 2 heterocycles. The summed E-state index contributed by atoms with van der Waals surface area (Å²) in [7, 11) is 3.20. The van der Waals surface area contributed by atoms with Crippen molar-refractivity contribution in [1.29, 1.82) is 0 Å². The fraction of sp³-hybridized carbons (Fsp3) is 0.333. The van der Waals surface area contributed by atoms with Gasteiger partial charge in [-0.15, -0.1) is 0 Å². The molecule has 29 heavy (non-hydrogen) atoms. The van der Waals surface area contributed by atoms with Crippen LogP contribution in [0.1, 0.15) is 0 Å². The van der Waals surface area contributed by atoms with Crippen LogP contribution in [-0.2, 0) is 9.53 Å². The van der Waals surface area contributed by atoms with Crippen molar-refractivity contribution in [2.24, 2.45) is 0 Å². The molecule has 2 aromatic carbocycles. The van der Waals surface area contributed by atoms with Gasteiger partial charge in [0.05, 0.1) is 38.5 Å². The maximum absolute atomic E-state index is 12.3. The van der Waals surface area contributed by atoms with Gasteiger partial charge in [-0.1, -0.05) is 0 Å². The molecule has 1 aliphatic heterocycles. The number of imidazole rings is 1. The molecule has 1 aliphatic rings. The minimum absolute atomic E-state index is 0.0415. The zero-order chi connectivity index (χ0) is 20.2. The minimum Gasteiger partial charge on any atom is -0.497 e. The molecule has 1 fully saturated rings. The summed E-state index contributed by atoms with van der Waals surface area (Å²) in [6.45, 7) is 2.27. The molecule has 0 atom stereocenters. The van der Waals surface area contributed by atoms with E-state index >= 15 is 0 Å². The van der Waals surface area contributed by atoms with Crippen LogP contribution in [0.25, 0.3) is 22.4 Å². The summed E-state index contributed by atoms with van der Waals surface area (Å²) in [6, 6.07) is 11.2. The molecule has 0 aliphatic carbocycles. The van der Waals surface area contributed by atoms with Gasteiger partial charge in [-0.2, -0.15) is 0 Å². The van der Waals surface area contributed by atoms with Crippen LogP contribution in [0, 0.1) is 0 Å². The number of benzene rings is 2. The van der Waals surface area contributed by atoms with Crippen LogP contribution in [0.2, 0.25) is 0 Å². The Morgan fingerprint density at radius 1 is 1.10 bits per heavy atom. The topological polar surface area (TPSA) is 85.9 Å². The van der Waals surface area contributed by atoms with Crippen molar-refractivity contribution in [2.45, 2.75) is 0 Å². The number of methoxy groups -OCH3 is 2. The molecular formula is C21H23N3O5. The summed E-state index contributed by atoms with van der Waals surface area (Å²) in [5.74, 6) is 2.46.